The van der Waals surface area contributed by atoms with Gasteiger partial charge in [0.05, 0.1) is 0 Å². The Morgan fingerprint density at radius 2 is 1.79 bits per heavy atom. The highest BCUT2D eigenvalue weighted by Gasteiger charge is 2.07. The van der Waals surface area contributed by atoms with Gasteiger partial charge in [-0.1, -0.05) is 30.3 Å². The zero-order valence-electron chi connectivity index (χ0n) is 13.6. The summed E-state index contributed by atoms with van der Waals surface area (Å²) in [7, 11) is 0. The van der Waals surface area contributed by atoms with Crippen LogP contribution in [0.25, 0.3) is 6.08 Å². The number of hydrogen-bond acceptors (Lipinski definition) is 3. The number of rotatable bonds is 6. The van der Waals surface area contributed by atoms with Gasteiger partial charge in [0, 0.05) is 11.8 Å². The molecule has 0 radical (unpaired) electrons. The van der Waals surface area contributed by atoms with Crippen LogP contribution in [0.15, 0.2) is 48.5 Å². The van der Waals surface area contributed by atoms with E-state index in [1.807, 2.05) is 32.0 Å². The third-order valence-electron chi connectivity index (χ3n) is 3.35. The highest BCUT2D eigenvalue weighted by Crippen LogP contribution is 2.22. The first-order valence-corrected chi connectivity index (χ1v) is 7.45. The number of ether oxygens (including phenoxy) is 1. The number of carboxylic acids is 1. The summed E-state index contributed by atoms with van der Waals surface area (Å²) in [6.45, 7) is 3.76. The molecule has 0 aliphatic heterocycles. The minimum absolute atomic E-state index is 0.0963. The highest BCUT2D eigenvalue weighted by molar-refractivity contribution is 5.92. The number of anilines is 1. The molecule has 2 aromatic rings. The van der Waals surface area contributed by atoms with Crippen LogP contribution in [0.1, 0.15) is 16.7 Å². The maximum absolute atomic E-state index is 12.0. The minimum atomic E-state index is -1.02. The Morgan fingerprint density at radius 1 is 1.12 bits per heavy atom. The van der Waals surface area contributed by atoms with Crippen molar-refractivity contribution in [1.29, 1.82) is 0 Å². The van der Waals surface area contributed by atoms with E-state index < -0.39 is 5.97 Å². The summed E-state index contributed by atoms with van der Waals surface area (Å²) in [5.74, 6) is -0.589. The molecule has 0 bridgehead atoms. The van der Waals surface area contributed by atoms with Gasteiger partial charge in [0.1, 0.15) is 5.75 Å². The van der Waals surface area contributed by atoms with Gasteiger partial charge in [-0.25, -0.2) is 4.79 Å². The van der Waals surface area contributed by atoms with Crippen molar-refractivity contribution < 1.29 is 19.4 Å². The van der Waals surface area contributed by atoms with Crippen molar-refractivity contribution >= 4 is 23.6 Å². The van der Waals surface area contributed by atoms with Crippen LogP contribution >= 0.6 is 0 Å². The van der Waals surface area contributed by atoms with E-state index in [0.717, 1.165) is 17.2 Å². The standard InChI is InChI=1S/C19H19NO4/c1-13-5-3-6-14(2)19(13)24-12-17(21)20-16-8-4-7-15(11-16)9-10-18(22)23/h3-11H,12H2,1-2H3,(H,20,21)(H,22,23)/b10-9+. The summed E-state index contributed by atoms with van der Waals surface area (Å²) >= 11 is 0. The third-order valence-corrected chi connectivity index (χ3v) is 3.35. The second kappa shape index (κ2) is 7.97. The van der Waals surface area contributed by atoms with E-state index in [-0.39, 0.29) is 12.5 Å². The van der Waals surface area contributed by atoms with Crippen molar-refractivity contribution in [1.82, 2.24) is 0 Å². The molecule has 5 heteroatoms. The molecule has 0 saturated carbocycles. The quantitative estimate of drug-likeness (QED) is 0.798. The molecule has 2 N–H and O–H groups in total. The normalized spacial score (nSPS) is 10.6. The Labute approximate surface area is 140 Å². The van der Waals surface area contributed by atoms with Gasteiger partial charge in [-0.3, -0.25) is 4.79 Å². The lowest BCUT2D eigenvalue weighted by Crippen LogP contribution is -2.20. The van der Waals surface area contributed by atoms with Gasteiger partial charge < -0.3 is 15.2 Å². The van der Waals surface area contributed by atoms with Gasteiger partial charge >= 0.3 is 5.97 Å². The van der Waals surface area contributed by atoms with Gasteiger partial charge in [0.2, 0.25) is 0 Å². The van der Waals surface area contributed by atoms with Crippen LogP contribution in [-0.4, -0.2) is 23.6 Å². The first-order valence-electron chi connectivity index (χ1n) is 7.45. The Morgan fingerprint density at radius 3 is 2.46 bits per heavy atom. The fourth-order valence-electron chi connectivity index (χ4n) is 2.25. The first kappa shape index (κ1) is 17.3. The lowest BCUT2D eigenvalue weighted by Gasteiger charge is -2.12. The molecule has 0 fully saturated rings. The molecule has 24 heavy (non-hydrogen) atoms. The number of carboxylic acid groups (broad SMARTS) is 1. The molecule has 0 unspecified atom stereocenters. The largest absolute Gasteiger partial charge is 0.483 e. The number of amides is 1. The number of aryl methyl sites for hydroxylation is 2. The van der Waals surface area contributed by atoms with Gasteiger partial charge in [0.25, 0.3) is 5.91 Å². The molecule has 0 aromatic heterocycles. The number of para-hydroxylation sites is 1. The van der Waals surface area contributed by atoms with Crippen LogP contribution in [0.2, 0.25) is 0 Å². The fourth-order valence-corrected chi connectivity index (χ4v) is 2.25. The van der Waals surface area contributed by atoms with Gasteiger partial charge in [-0.05, 0) is 48.7 Å². The molecule has 0 spiro atoms. The highest BCUT2D eigenvalue weighted by atomic mass is 16.5. The maximum Gasteiger partial charge on any atom is 0.328 e. The molecule has 124 valence electrons. The predicted octanol–water partition coefficient (Wildman–Crippen LogP) is 3.42. The van der Waals surface area contributed by atoms with Crippen molar-refractivity contribution in [2.24, 2.45) is 0 Å². The van der Waals surface area contributed by atoms with Crippen molar-refractivity contribution in [2.45, 2.75) is 13.8 Å². The summed E-state index contributed by atoms with van der Waals surface area (Å²) in [5, 5.41) is 11.4. The van der Waals surface area contributed by atoms with Gasteiger partial charge in [0.15, 0.2) is 6.61 Å². The third kappa shape index (κ3) is 4.98. The van der Waals surface area contributed by atoms with Crippen LogP contribution < -0.4 is 10.1 Å². The average Bonchev–Trinajstić information content (AvgIpc) is 2.53. The number of nitrogens with one attached hydrogen (secondary N) is 1. The van der Waals surface area contributed by atoms with Crippen molar-refractivity contribution in [3.8, 4) is 5.75 Å². The van der Waals surface area contributed by atoms with Gasteiger partial charge in [-0.2, -0.15) is 0 Å². The van der Waals surface area contributed by atoms with E-state index in [1.54, 1.807) is 24.3 Å². The summed E-state index contributed by atoms with van der Waals surface area (Å²) in [4.78, 5) is 22.6. The number of aliphatic carboxylic acids is 1. The molecule has 2 rings (SSSR count). The fraction of sp³-hybridized carbons (Fsp3) is 0.158. The van der Waals surface area contributed by atoms with Crippen molar-refractivity contribution in [2.75, 3.05) is 11.9 Å². The summed E-state index contributed by atoms with van der Waals surface area (Å²) in [6.07, 6.45) is 2.51. The topological polar surface area (TPSA) is 75.6 Å². The second-order valence-electron chi connectivity index (χ2n) is 5.35. The molecule has 0 atom stereocenters. The Kier molecular flexibility index (Phi) is 5.73. The summed E-state index contributed by atoms with van der Waals surface area (Å²) in [5.41, 5.74) is 3.22. The van der Waals surface area contributed by atoms with Crippen LogP contribution in [0.3, 0.4) is 0 Å². The Hall–Kier alpha value is -3.08. The van der Waals surface area contributed by atoms with E-state index in [1.165, 1.54) is 6.08 Å². The van der Waals surface area contributed by atoms with E-state index in [9.17, 15) is 9.59 Å². The molecular weight excluding hydrogens is 306 g/mol. The van der Waals surface area contributed by atoms with Gasteiger partial charge in [-0.15, -0.1) is 0 Å². The van der Waals surface area contributed by atoms with Crippen LogP contribution in [-0.2, 0) is 9.59 Å². The molecule has 0 aliphatic rings. The van der Waals surface area contributed by atoms with Crippen molar-refractivity contribution in [3.63, 3.8) is 0 Å². The summed E-state index contributed by atoms with van der Waals surface area (Å²) in [6, 6.07) is 12.7. The number of carbonyl (C=O) groups excluding carboxylic acids is 1. The van der Waals surface area contributed by atoms with E-state index >= 15 is 0 Å². The van der Waals surface area contributed by atoms with Crippen LogP contribution in [0.4, 0.5) is 5.69 Å². The van der Waals surface area contributed by atoms with E-state index in [4.69, 9.17) is 9.84 Å². The average molecular weight is 325 g/mol. The molecule has 1 amide bonds. The number of carbonyl (C=O) groups is 2. The molecule has 0 saturated heterocycles. The van der Waals surface area contributed by atoms with Crippen LogP contribution in [0, 0.1) is 13.8 Å². The lowest BCUT2D eigenvalue weighted by molar-refractivity contribution is -0.131. The monoisotopic (exact) mass is 325 g/mol. The molecule has 0 heterocycles. The maximum atomic E-state index is 12.0. The zero-order valence-corrected chi connectivity index (χ0v) is 13.6. The number of hydrogen-bond donors (Lipinski definition) is 2. The van der Waals surface area contributed by atoms with E-state index in [0.29, 0.717) is 17.0 Å². The van der Waals surface area contributed by atoms with E-state index in [2.05, 4.69) is 5.32 Å². The van der Waals surface area contributed by atoms with Crippen molar-refractivity contribution in [3.05, 3.63) is 65.2 Å². The molecule has 2 aromatic carbocycles. The predicted molar refractivity (Wildman–Crippen MR) is 93.2 cm³/mol. The smallest absolute Gasteiger partial charge is 0.328 e. The zero-order chi connectivity index (χ0) is 17.5. The molecular formula is C19H19NO4. The van der Waals surface area contributed by atoms with Crippen LogP contribution in [0.5, 0.6) is 5.75 Å². The number of benzene rings is 2. The molecule has 0 aliphatic carbocycles. The molecule has 5 nitrogen and oxygen atoms in total. The second-order valence-corrected chi connectivity index (χ2v) is 5.35. The Balaban J connectivity index is 1.97. The lowest BCUT2D eigenvalue weighted by atomic mass is 10.1. The minimum Gasteiger partial charge on any atom is -0.483 e. The first-order chi connectivity index (χ1) is 11.5. The Bertz CT molecular complexity index is 760. The SMILES string of the molecule is Cc1cccc(C)c1OCC(=O)Nc1cccc(/C=C/C(=O)O)c1. The summed E-state index contributed by atoms with van der Waals surface area (Å²) < 4.78 is 5.61.